The molecular formula is C16H31NO. The molecule has 0 radical (unpaired) electrons. The third-order valence-corrected chi connectivity index (χ3v) is 4.34. The number of carbonyl (C=O) groups is 1. The molecule has 1 N–H and O–H groups in total. The zero-order valence-corrected chi connectivity index (χ0v) is 12.3. The van der Waals surface area contributed by atoms with Gasteiger partial charge in [-0.1, -0.05) is 52.4 Å². The summed E-state index contributed by atoms with van der Waals surface area (Å²) < 4.78 is 0. The summed E-state index contributed by atoms with van der Waals surface area (Å²) in [6, 6.07) is 0. The molecule has 1 amide bonds. The molecule has 0 aromatic carbocycles. The highest BCUT2D eigenvalue weighted by molar-refractivity contribution is 5.76. The summed E-state index contributed by atoms with van der Waals surface area (Å²) in [7, 11) is 0. The lowest BCUT2D eigenvalue weighted by atomic mass is 9.83. The smallest absolute Gasteiger partial charge is 0.220 e. The van der Waals surface area contributed by atoms with Gasteiger partial charge < -0.3 is 5.32 Å². The number of hydrogen-bond donors (Lipinski definition) is 1. The predicted molar refractivity (Wildman–Crippen MR) is 77.5 cm³/mol. The number of hydrogen-bond acceptors (Lipinski definition) is 1. The van der Waals surface area contributed by atoms with Crippen LogP contribution in [-0.4, -0.2) is 12.5 Å². The van der Waals surface area contributed by atoms with Gasteiger partial charge in [0.15, 0.2) is 0 Å². The Kier molecular flexibility index (Phi) is 8.11. The lowest BCUT2D eigenvalue weighted by Gasteiger charge is -2.24. The van der Waals surface area contributed by atoms with E-state index in [-0.39, 0.29) is 5.91 Å². The first-order valence-corrected chi connectivity index (χ1v) is 7.99. The first kappa shape index (κ1) is 15.5. The molecule has 0 aliphatic heterocycles. The van der Waals surface area contributed by atoms with Crippen LogP contribution in [0.2, 0.25) is 0 Å². The fourth-order valence-corrected chi connectivity index (χ4v) is 2.43. The quantitative estimate of drug-likeness (QED) is 0.578. The Balaban J connectivity index is 1.81. The third kappa shape index (κ3) is 7.03. The van der Waals surface area contributed by atoms with E-state index in [1.807, 2.05) is 0 Å². The molecule has 0 aromatic rings. The molecule has 1 saturated carbocycles. The fourth-order valence-electron chi connectivity index (χ4n) is 2.43. The minimum Gasteiger partial charge on any atom is -0.356 e. The van der Waals surface area contributed by atoms with E-state index in [0.29, 0.717) is 5.92 Å². The zero-order chi connectivity index (χ0) is 13.2. The van der Waals surface area contributed by atoms with E-state index in [4.69, 9.17) is 0 Å². The SMILES string of the molecule is CCC(C)CCCCCCNC(=O)CC1CCC1. The van der Waals surface area contributed by atoms with Crippen molar-refractivity contribution in [3.05, 3.63) is 0 Å². The van der Waals surface area contributed by atoms with E-state index in [2.05, 4.69) is 19.2 Å². The standard InChI is InChI=1S/C16H31NO/c1-3-14(2)9-6-4-5-7-12-17-16(18)13-15-10-8-11-15/h14-15H,3-13H2,1-2H3,(H,17,18). The number of rotatable bonds is 10. The van der Waals surface area contributed by atoms with Gasteiger partial charge in [0.2, 0.25) is 5.91 Å². The first-order chi connectivity index (χ1) is 8.72. The van der Waals surface area contributed by atoms with Crippen LogP contribution in [0.15, 0.2) is 0 Å². The molecule has 0 spiro atoms. The van der Waals surface area contributed by atoms with E-state index in [0.717, 1.165) is 25.3 Å². The molecule has 0 aromatic heterocycles. The van der Waals surface area contributed by atoms with Crippen LogP contribution < -0.4 is 5.32 Å². The topological polar surface area (TPSA) is 29.1 Å². The lowest BCUT2D eigenvalue weighted by molar-refractivity contribution is -0.122. The van der Waals surface area contributed by atoms with Crippen molar-refractivity contribution >= 4 is 5.91 Å². The van der Waals surface area contributed by atoms with E-state index in [9.17, 15) is 4.79 Å². The van der Waals surface area contributed by atoms with Crippen LogP contribution in [0, 0.1) is 11.8 Å². The molecule has 0 heterocycles. The fraction of sp³-hybridized carbons (Fsp3) is 0.938. The Morgan fingerprint density at radius 2 is 1.94 bits per heavy atom. The molecule has 1 rings (SSSR count). The number of unbranched alkanes of at least 4 members (excludes halogenated alkanes) is 3. The van der Waals surface area contributed by atoms with Crippen molar-refractivity contribution in [3.8, 4) is 0 Å². The Morgan fingerprint density at radius 3 is 2.56 bits per heavy atom. The van der Waals surface area contributed by atoms with Crippen LogP contribution in [0.5, 0.6) is 0 Å². The highest BCUT2D eigenvalue weighted by atomic mass is 16.1. The van der Waals surface area contributed by atoms with Crippen molar-refractivity contribution < 1.29 is 4.79 Å². The Hall–Kier alpha value is -0.530. The molecule has 0 bridgehead atoms. The molecule has 106 valence electrons. The van der Waals surface area contributed by atoms with Crippen molar-refractivity contribution in [2.24, 2.45) is 11.8 Å². The molecule has 2 heteroatoms. The minimum atomic E-state index is 0.277. The summed E-state index contributed by atoms with van der Waals surface area (Å²) in [5.74, 6) is 1.85. The third-order valence-electron chi connectivity index (χ3n) is 4.34. The second-order valence-electron chi connectivity index (χ2n) is 6.07. The Labute approximate surface area is 113 Å². The van der Waals surface area contributed by atoms with Crippen molar-refractivity contribution in [2.45, 2.75) is 78.1 Å². The van der Waals surface area contributed by atoms with E-state index >= 15 is 0 Å². The van der Waals surface area contributed by atoms with Gasteiger partial charge in [-0.2, -0.15) is 0 Å². The average Bonchev–Trinajstić information content (AvgIpc) is 2.32. The van der Waals surface area contributed by atoms with E-state index in [1.165, 1.54) is 51.4 Å². The first-order valence-electron chi connectivity index (χ1n) is 7.99. The van der Waals surface area contributed by atoms with Crippen molar-refractivity contribution in [1.82, 2.24) is 5.32 Å². The molecule has 0 saturated heterocycles. The lowest BCUT2D eigenvalue weighted by Crippen LogP contribution is -2.28. The summed E-state index contributed by atoms with van der Waals surface area (Å²) in [4.78, 5) is 11.6. The van der Waals surface area contributed by atoms with Crippen molar-refractivity contribution in [1.29, 1.82) is 0 Å². The van der Waals surface area contributed by atoms with Gasteiger partial charge in [0.1, 0.15) is 0 Å². The summed E-state index contributed by atoms with van der Waals surface area (Å²) >= 11 is 0. The number of amides is 1. The normalized spacial score (nSPS) is 17.2. The summed E-state index contributed by atoms with van der Waals surface area (Å²) in [6.07, 6.45) is 12.4. The Morgan fingerprint density at radius 1 is 1.22 bits per heavy atom. The van der Waals surface area contributed by atoms with Crippen LogP contribution in [0.1, 0.15) is 78.1 Å². The highest BCUT2D eigenvalue weighted by Crippen LogP contribution is 2.29. The van der Waals surface area contributed by atoms with Crippen LogP contribution >= 0.6 is 0 Å². The maximum Gasteiger partial charge on any atom is 0.220 e. The maximum atomic E-state index is 11.6. The van der Waals surface area contributed by atoms with Crippen molar-refractivity contribution in [3.63, 3.8) is 0 Å². The van der Waals surface area contributed by atoms with Crippen LogP contribution in [0.3, 0.4) is 0 Å². The molecule has 1 atom stereocenters. The van der Waals surface area contributed by atoms with Gasteiger partial charge in [0.05, 0.1) is 0 Å². The monoisotopic (exact) mass is 253 g/mol. The molecule has 1 aliphatic rings. The van der Waals surface area contributed by atoms with Gasteiger partial charge in [0, 0.05) is 13.0 Å². The van der Waals surface area contributed by atoms with Gasteiger partial charge in [-0.05, 0) is 31.1 Å². The second kappa shape index (κ2) is 9.41. The predicted octanol–water partition coefficient (Wildman–Crippen LogP) is 4.29. The van der Waals surface area contributed by atoms with Gasteiger partial charge in [-0.3, -0.25) is 4.79 Å². The van der Waals surface area contributed by atoms with Crippen LogP contribution in [-0.2, 0) is 4.79 Å². The van der Waals surface area contributed by atoms with Crippen molar-refractivity contribution in [2.75, 3.05) is 6.54 Å². The maximum absolute atomic E-state index is 11.6. The minimum absolute atomic E-state index is 0.277. The van der Waals surface area contributed by atoms with Gasteiger partial charge >= 0.3 is 0 Å². The molecule has 1 fully saturated rings. The summed E-state index contributed by atoms with van der Waals surface area (Å²) in [6.45, 7) is 5.48. The van der Waals surface area contributed by atoms with Gasteiger partial charge in [-0.25, -0.2) is 0 Å². The Bertz CT molecular complexity index is 223. The molecule has 18 heavy (non-hydrogen) atoms. The highest BCUT2D eigenvalue weighted by Gasteiger charge is 2.20. The summed E-state index contributed by atoms with van der Waals surface area (Å²) in [5, 5.41) is 3.05. The van der Waals surface area contributed by atoms with E-state index in [1.54, 1.807) is 0 Å². The summed E-state index contributed by atoms with van der Waals surface area (Å²) in [5.41, 5.74) is 0. The molecule has 2 nitrogen and oxygen atoms in total. The van der Waals surface area contributed by atoms with Gasteiger partial charge in [0.25, 0.3) is 0 Å². The van der Waals surface area contributed by atoms with Crippen LogP contribution in [0.4, 0.5) is 0 Å². The zero-order valence-electron chi connectivity index (χ0n) is 12.3. The largest absolute Gasteiger partial charge is 0.356 e. The molecular weight excluding hydrogens is 222 g/mol. The number of nitrogens with one attached hydrogen (secondary N) is 1. The van der Waals surface area contributed by atoms with Crippen LogP contribution in [0.25, 0.3) is 0 Å². The number of carbonyl (C=O) groups excluding carboxylic acids is 1. The average molecular weight is 253 g/mol. The molecule has 1 aliphatic carbocycles. The van der Waals surface area contributed by atoms with E-state index < -0.39 is 0 Å². The van der Waals surface area contributed by atoms with Gasteiger partial charge in [-0.15, -0.1) is 0 Å². The second-order valence-corrected chi connectivity index (χ2v) is 6.07. The molecule has 1 unspecified atom stereocenters.